The molecule has 21 heavy (non-hydrogen) atoms. The van der Waals surface area contributed by atoms with Crippen molar-refractivity contribution in [2.45, 2.75) is 31.2 Å². The van der Waals surface area contributed by atoms with E-state index in [1.807, 2.05) is 7.05 Å². The molecule has 0 amide bonds. The summed E-state index contributed by atoms with van der Waals surface area (Å²) in [5.74, 6) is 0. The van der Waals surface area contributed by atoms with Crippen LogP contribution in [0.5, 0.6) is 0 Å². The van der Waals surface area contributed by atoms with E-state index in [9.17, 15) is 8.42 Å². The quantitative estimate of drug-likeness (QED) is 0.750. The highest BCUT2D eigenvalue weighted by molar-refractivity contribution is 7.89. The van der Waals surface area contributed by atoms with Crippen LogP contribution in [0.4, 0.5) is 0 Å². The molecule has 0 aliphatic carbocycles. The van der Waals surface area contributed by atoms with Crippen LogP contribution in [0.2, 0.25) is 0 Å². The Hall–Kier alpha value is -0.960. The molecule has 1 aromatic heterocycles. The van der Waals surface area contributed by atoms with E-state index in [0.29, 0.717) is 26.3 Å². The van der Waals surface area contributed by atoms with Gasteiger partial charge in [0, 0.05) is 32.5 Å². The van der Waals surface area contributed by atoms with Gasteiger partial charge in [0.05, 0.1) is 12.7 Å². The fraction of sp³-hybridized carbons (Fsp3) is 0.769. The second-order valence-electron chi connectivity index (χ2n) is 5.79. The summed E-state index contributed by atoms with van der Waals surface area (Å²) >= 11 is 0. The van der Waals surface area contributed by atoms with Crippen molar-refractivity contribution in [2.75, 3.05) is 33.4 Å². The maximum atomic E-state index is 12.3. The van der Waals surface area contributed by atoms with Crippen LogP contribution in [-0.4, -0.2) is 51.5 Å². The van der Waals surface area contributed by atoms with Gasteiger partial charge in [-0.15, -0.1) is 0 Å². The highest BCUT2D eigenvalue weighted by Gasteiger charge is 2.29. The summed E-state index contributed by atoms with van der Waals surface area (Å²) in [6.07, 6.45) is 4.70. The first-order valence-electron chi connectivity index (χ1n) is 7.20. The van der Waals surface area contributed by atoms with Gasteiger partial charge in [-0.1, -0.05) is 6.92 Å². The lowest BCUT2D eigenvalue weighted by Crippen LogP contribution is -2.39. The van der Waals surface area contributed by atoms with Gasteiger partial charge in [-0.05, 0) is 25.3 Å². The van der Waals surface area contributed by atoms with Crippen molar-refractivity contribution in [1.29, 1.82) is 0 Å². The third-order valence-electron chi connectivity index (χ3n) is 3.90. The van der Waals surface area contributed by atoms with Crippen LogP contribution in [0.3, 0.4) is 0 Å². The number of ether oxygens (including phenoxy) is 1. The van der Waals surface area contributed by atoms with Crippen LogP contribution in [0.15, 0.2) is 17.3 Å². The molecule has 1 saturated heterocycles. The number of hydrogen-bond acceptors (Lipinski definition) is 5. The molecule has 1 aliphatic heterocycles. The first-order valence-corrected chi connectivity index (χ1v) is 8.68. The van der Waals surface area contributed by atoms with E-state index in [4.69, 9.17) is 4.74 Å². The fourth-order valence-corrected chi connectivity index (χ4v) is 3.38. The minimum atomic E-state index is -3.50. The summed E-state index contributed by atoms with van der Waals surface area (Å²) in [5, 5.41) is 7.07. The van der Waals surface area contributed by atoms with Crippen molar-refractivity contribution in [3.8, 4) is 0 Å². The lowest BCUT2D eigenvalue weighted by molar-refractivity contribution is 0.0265. The molecule has 1 aromatic rings. The van der Waals surface area contributed by atoms with Crippen LogP contribution >= 0.6 is 0 Å². The summed E-state index contributed by atoms with van der Waals surface area (Å²) in [7, 11) is -1.65. The zero-order chi connectivity index (χ0) is 15.3. The van der Waals surface area contributed by atoms with Gasteiger partial charge in [0.1, 0.15) is 4.90 Å². The fourth-order valence-electron chi connectivity index (χ4n) is 2.23. The van der Waals surface area contributed by atoms with Crippen LogP contribution in [0.25, 0.3) is 0 Å². The van der Waals surface area contributed by atoms with E-state index in [2.05, 4.69) is 22.1 Å². The van der Waals surface area contributed by atoms with Crippen LogP contribution in [0, 0.1) is 5.41 Å². The van der Waals surface area contributed by atoms with E-state index < -0.39 is 10.0 Å². The van der Waals surface area contributed by atoms with Gasteiger partial charge < -0.3 is 10.1 Å². The van der Waals surface area contributed by atoms with Crippen molar-refractivity contribution in [3.05, 3.63) is 12.4 Å². The maximum Gasteiger partial charge on any atom is 0.243 e. The number of hydrogen-bond donors (Lipinski definition) is 2. The smallest absolute Gasteiger partial charge is 0.243 e. The van der Waals surface area contributed by atoms with Gasteiger partial charge in [0.25, 0.3) is 0 Å². The van der Waals surface area contributed by atoms with Gasteiger partial charge in [-0.25, -0.2) is 13.1 Å². The third-order valence-corrected chi connectivity index (χ3v) is 5.26. The Balaban J connectivity index is 1.96. The molecule has 2 N–H and O–H groups in total. The first kappa shape index (κ1) is 16.4. The molecule has 0 unspecified atom stereocenters. The zero-order valence-corrected chi connectivity index (χ0v) is 13.4. The first-order chi connectivity index (χ1) is 9.95. The molecule has 7 nitrogen and oxygen atoms in total. The molecule has 2 heterocycles. The van der Waals surface area contributed by atoms with E-state index in [0.717, 1.165) is 19.4 Å². The summed E-state index contributed by atoms with van der Waals surface area (Å²) in [5.41, 5.74) is -0.0343. The Bertz CT molecular complexity index is 550. The normalized spacial score (nSPS) is 18.8. The number of aromatic nitrogens is 2. The molecule has 0 aromatic carbocycles. The summed E-state index contributed by atoms with van der Waals surface area (Å²) in [4.78, 5) is 0.217. The molecule has 0 bridgehead atoms. The van der Waals surface area contributed by atoms with Crippen molar-refractivity contribution in [1.82, 2.24) is 19.8 Å². The van der Waals surface area contributed by atoms with Crippen LogP contribution in [-0.2, 0) is 21.3 Å². The molecule has 1 aliphatic rings. The third kappa shape index (κ3) is 4.50. The molecule has 0 radical (unpaired) electrons. The largest absolute Gasteiger partial charge is 0.381 e. The Morgan fingerprint density at radius 2 is 2.14 bits per heavy atom. The Labute approximate surface area is 126 Å². The number of sulfonamides is 1. The van der Waals surface area contributed by atoms with Crippen molar-refractivity contribution in [2.24, 2.45) is 5.41 Å². The van der Waals surface area contributed by atoms with Gasteiger partial charge >= 0.3 is 0 Å². The maximum absolute atomic E-state index is 12.3. The topological polar surface area (TPSA) is 85.2 Å². The highest BCUT2D eigenvalue weighted by atomic mass is 32.2. The molecule has 2 rings (SSSR count). The summed E-state index contributed by atoms with van der Waals surface area (Å²) < 4.78 is 34.2. The summed E-state index contributed by atoms with van der Waals surface area (Å²) in [6.45, 7) is 5.29. The molecule has 0 saturated carbocycles. The van der Waals surface area contributed by atoms with Gasteiger partial charge in [0.15, 0.2) is 0 Å². The molecule has 0 atom stereocenters. The molecular formula is C13H24N4O3S. The number of likely N-dealkylation sites (N-methyl/N-ethyl adjacent to an activating group) is 1. The van der Waals surface area contributed by atoms with Crippen molar-refractivity contribution in [3.63, 3.8) is 0 Å². The van der Waals surface area contributed by atoms with E-state index in [1.54, 1.807) is 10.9 Å². The standard InChI is InChI=1S/C13H24N4O3S/c1-13(3-7-20-8-4-13)11-16-21(18,19)12-9-15-17(10-12)6-5-14-2/h9-10,14,16H,3-8,11H2,1-2H3. The van der Waals surface area contributed by atoms with Crippen molar-refractivity contribution >= 4 is 10.0 Å². The van der Waals surface area contributed by atoms with E-state index in [-0.39, 0.29) is 10.3 Å². The average Bonchev–Trinajstić information content (AvgIpc) is 2.94. The molecular weight excluding hydrogens is 292 g/mol. The second-order valence-corrected chi connectivity index (χ2v) is 7.56. The van der Waals surface area contributed by atoms with Crippen molar-refractivity contribution < 1.29 is 13.2 Å². The number of nitrogens with one attached hydrogen (secondary N) is 2. The Morgan fingerprint density at radius 3 is 2.81 bits per heavy atom. The van der Waals surface area contributed by atoms with E-state index >= 15 is 0 Å². The Kier molecular flexibility index (Phi) is 5.37. The van der Waals surface area contributed by atoms with Crippen LogP contribution < -0.4 is 10.0 Å². The second kappa shape index (κ2) is 6.87. The average molecular weight is 316 g/mol. The molecule has 0 spiro atoms. The molecule has 120 valence electrons. The predicted molar refractivity (Wildman–Crippen MR) is 79.5 cm³/mol. The predicted octanol–water partition coefficient (Wildman–Crippen LogP) is 0.198. The lowest BCUT2D eigenvalue weighted by Gasteiger charge is -2.33. The molecule has 8 heteroatoms. The minimum absolute atomic E-state index is 0.0343. The van der Waals surface area contributed by atoms with E-state index in [1.165, 1.54) is 6.20 Å². The monoisotopic (exact) mass is 316 g/mol. The SMILES string of the molecule is CNCCn1cc(S(=O)(=O)NCC2(C)CCOCC2)cn1. The number of rotatable bonds is 7. The van der Waals surface area contributed by atoms with Gasteiger partial charge in [0.2, 0.25) is 10.0 Å². The van der Waals surface area contributed by atoms with Gasteiger partial charge in [-0.2, -0.15) is 5.10 Å². The van der Waals surface area contributed by atoms with Crippen LogP contribution in [0.1, 0.15) is 19.8 Å². The van der Waals surface area contributed by atoms with Gasteiger partial charge in [-0.3, -0.25) is 4.68 Å². The lowest BCUT2D eigenvalue weighted by atomic mass is 9.83. The minimum Gasteiger partial charge on any atom is -0.381 e. The summed E-state index contributed by atoms with van der Waals surface area (Å²) in [6, 6.07) is 0. The highest BCUT2D eigenvalue weighted by Crippen LogP contribution is 2.29. The number of nitrogens with zero attached hydrogens (tertiary/aromatic N) is 2. The zero-order valence-electron chi connectivity index (χ0n) is 12.6. The Morgan fingerprint density at radius 1 is 1.43 bits per heavy atom. The molecule has 1 fully saturated rings.